The van der Waals surface area contributed by atoms with Gasteiger partial charge in [-0.3, -0.25) is 4.79 Å². The Labute approximate surface area is 157 Å². The van der Waals surface area contributed by atoms with Gasteiger partial charge < -0.3 is 14.5 Å². The summed E-state index contributed by atoms with van der Waals surface area (Å²) in [5.74, 6) is 0.785. The number of piperazine rings is 1. The quantitative estimate of drug-likeness (QED) is 0.793. The Balaban J connectivity index is 1.64. The van der Waals surface area contributed by atoms with Crippen molar-refractivity contribution in [1.82, 2.24) is 4.90 Å². The number of carbonyl (C=O) groups is 1. The van der Waals surface area contributed by atoms with E-state index in [2.05, 4.69) is 0 Å². The molecular weight excluding hydrogens is 387 g/mol. The number of nitrogens with one attached hydrogen (secondary N) is 1. The third kappa shape index (κ3) is 4.05. The molecule has 1 aromatic rings. The van der Waals surface area contributed by atoms with E-state index < -0.39 is 9.84 Å². The van der Waals surface area contributed by atoms with E-state index in [1.165, 1.54) is 12.0 Å². The summed E-state index contributed by atoms with van der Waals surface area (Å²) in [6.07, 6.45) is 0.718. The molecule has 0 unspecified atom stereocenters. The smallest absolute Gasteiger partial charge is 0.254 e. The zero-order chi connectivity index (χ0) is 18.2. The van der Waals surface area contributed by atoms with Crippen LogP contribution in [0.2, 0.25) is 10.0 Å². The van der Waals surface area contributed by atoms with Crippen molar-refractivity contribution in [3.8, 4) is 5.75 Å². The fourth-order valence-corrected chi connectivity index (χ4v) is 6.05. The third-order valence-electron chi connectivity index (χ3n) is 4.95. The second-order valence-corrected chi connectivity index (χ2v) is 9.57. The first kappa shape index (κ1) is 18.8. The van der Waals surface area contributed by atoms with Crippen molar-refractivity contribution < 1.29 is 22.8 Å². The van der Waals surface area contributed by atoms with Gasteiger partial charge in [-0.1, -0.05) is 23.2 Å². The highest BCUT2D eigenvalue weighted by molar-refractivity contribution is 7.91. The molecule has 2 heterocycles. The van der Waals surface area contributed by atoms with E-state index in [9.17, 15) is 13.2 Å². The molecule has 0 radical (unpaired) electrons. The summed E-state index contributed by atoms with van der Waals surface area (Å²) in [6.45, 7) is 2.69. The van der Waals surface area contributed by atoms with E-state index in [0.29, 0.717) is 34.4 Å². The molecule has 3 rings (SSSR count). The van der Waals surface area contributed by atoms with Gasteiger partial charge in [0, 0.05) is 12.0 Å². The van der Waals surface area contributed by atoms with Crippen molar-refractivity contribution in [2.45, 2.75) is 12.5 Å². The highest BCUT2D eigenvalue weighted by Gasteiger charge is 2.37. The maximum atomic E-state index is 12.7. The van der Waals surface area contributed by atoms with E-state index in [4.69, 9.17) is 27.9 Å². The van der Waals surface area contributed by atoms with Gasteiger partial charge in [0.15, 0.2) is 15.6 Å². The summed E-state index contributed by atoms with van der Waals surface area (Å²) in [6, 6.07) is 3.29. The first-order chi connectivity index (χ1) is 11.8. The SMILES string of the molecule is COc1c(Cl)cc(C(=O)N2CC[NH+]([C@H]3CCS(=O)(=O)C3)CC2)cc1Cl. The lowest BCUT2D eigenvalue weighted by atomic mass is 10.1. The number of rotatable bonds is 3. The van der Waals surface area contributed by atoms with Crippen LogP contribution in [0.3, 0.4) is 0 Å². The summed E-state index contributed by atoms with van der Waals surface area (Å²) in [5, 5.41) is 0.609. The molecule has 25 heavy (non-hydrogen) atoms. The van der Waals surface area contributed by atoms with Crippen LogP contribution in [-0.4, -0.2) is 70.1 Å². The summed E-state index contributed by atoms with van der Waals surface area (Å²) < 4.78 is 28.4. The van der Waals surface area contributed by atoms with Crippen LogP contribution in [0.15, 0.2) is 12.1 Å². The predicted octanol–water partition coefficient (Wildman–Crippen LogP) is 0.530. The van der Waals surface area contributed by atoms with Crippen LogP contribution in [0.1, 0.15) is 16.8 Å². The molecule has 6 nitrogen and oxygen atoms in total. The fourth-order valence-electron chi connectivity index (χ4n) is 3.58. The van der Waals surface area contributed by atoms with Gasteiger partial charge in [-0.25, -0.2) is 8.42 Å². The number of hydrogen-bond donors (Lipinski definition) is 1. The Kier molecular flexibility index (Phi) is 5.48. The van der Waals surface area contributed by atoms with Gasteiger partial charge >= 0.3 is 0 Å². The van der Waals surface area contributed by atoms with Crippen molar-refractivity contribution in [1.29, 1.82) is 0 Å². The van der Waals surface area contributed by atoms with Crippen LogP contribution >= 0.6 is 23.2 Å². The molecule has 2 saturated heterocycles. The van der Waals surface area contributed by atoms with E-state index in [1.54, 1.807) is 17.0 Å². The van der Waals surface area contributed by atoms with Crippen molar-refractivity contribution in [2.24, 2.45) is 0 Å². The Bertz CT molecular complexity index is 753. The van der Waals surface area contributed by atoms with Crippen LogP contribution < -0.4 is 9.64 Å². The Morgan fingerprint density at radius 1 is 1.24 bits per heavy atom. The number of methoxy groups -OCH3 is 1. The van der Waals surface area contributed by atoms with Gasteiger partial charge in [-0.2, -0.15) is 0 Å². The van der Waals surface area contributed by atoms with Gasteiger partial charge in [0.05, 0.1) is 49.1 Å². The molecule has 0 aliphatic carbocycles. The van der Waals surface area contributed by atoms with Crippen LogP contribution in [0.5, 0.6) is 5.75 Å². The lowest BCUT2D eigenvalue weighted by molar-refractivity contribution is -0.925. The highest BCUT2D eigenvalue weighted by atomic mass is 35.5. The van der Waals surface area contributed by atoms with Gasteiger partial charge in [-0.15, -0.1) is 0 Å². The summed E-state index contributed by atoms with van der Waals surface area (Å²) >= 11 is 12.2. The predicted molar refractivity (Wildman–Crippen MR) is 96.7 cm³/mol. The minimum atomic E-state index is -2.88. The molecule has 1 N–H and O–H groups in total. The number of halogens is 2. The molecule has 2 fully saturated rings. The molecule has 0 bridgehead atoms. The standard InChI is InChI=1S/C16H20Cl2N2O4S/c1-24-15-13(17)8-11(9-14(15)18)16(21)20-5-3-19(4-6-20)12-2-7-25(22,23)10-12/h8-9,12H,2-7,10H2,1H3/p+1/t12-/m0/s1. The van der Waals surface area contributed by atoms with Crippen molar-refractivity contribution in [3.05, 3.63) is 27.7 Å². The molecule has 0 saturated carbocycles. The van der Waals surface area contributed by atoms with Gasteiger partial charge in [0.25, 0.3) is 5.91 Å². The average Bonchev–Trinajstić information content (AvgIpc) is 2.94. The second-order valence-electron chi connectivity index (χ2n) is 6.52. The minimum Gasteiger partial charge on any atom is -0.494 e. The summed E-state index contributed by atoms with van der Waals surface area (Å²) in [7, 11) is -1.40. The third-order valence-corrected chi connectivity index (χ3v) is 7.28. The van der Waals surface area contributed by atoms with Crippen molar-refractivity contribution in [2.75, 3.05) is 44.8 Å². The number of ether oxygens (including phenoxy) is 1. The van der Waals surface area contributed by atoms with Gasteiger partial charge in [-0.05, 0) is 12.1 Å². The first-order valence-electron chi connectivity index (χ1n) is 8.18. The lowest BCUT2D eigenvalue weighted by Gasteiger charge is -2.35. The van der Waals surface area contributed by atoms with Crippen molar-refractivity contribution in [3.63, 3.8) is 0 Å². The number of carbonyl (C=O) groups excluding carboxylic acids is 1. The highest BCUT2D eigenvalue weighted by Crippen LogP contribution is 2.34. The maximum absolute atomic E-state index is 12.7. The topological polar surface area (TPSA) is 68.1 Å². The molecule has 138 valence electrons. The summed E-state index contributed by atoms with van der Waals surface area (Å²) in [5.41, 5.74) is 0.433. The number of nitrogens with zero attached hydrogens (tertiary/aromatic N) is 1. The molecule has 2 aliphatic heterocycles. The number of sulfone groups is 1. The van der Waals surface area contributed by atoms with Crippen LogP contribution in [-0.2, 0) is 9.84 Å². The molecule has 9 heteroatoms. The average molecular weight is 408 g/mol. The van der Waals surface area contributed by atoms with Crippen LogP contribution in [0.25, 0.3) is 0 Å². The van der Waals surface area contributed by atoms with E-state index >= 15 is 0 Å². The molecule has 1 aromatic carbocycles. The van der Waals surface area contributed by atoms with E-state index in [-0.39, 0.29) is 23.5 Å². The van der Waals surface area contributed by atoms with E-state index in [1.807, 2.05) is 0 Å². The second kappa shape index (κ2) is 7.31. The summed E-state index contributed by atoms with van der Waals surface area (Å²) in [4.78, 5) is 15.7. The van der Waals surface area contributed by atoms with Crippen LogP contribution in [0, 0.1) is 0 Å². The Hall–Kier alpha value is -1.02. The normalized spacial score (nSPS) is 23.6. The lowest BCUT2D eigenvalue weighted by Crippen LogP contribution is -3.18. The molecule has 1 amide bonds. The largest absolute Gasteiger partial charge is 0.494 e. The Morgan fingerprint density at radius 2 is 1.84 bits per heavy atom. The zero-order valence-electron chi connectivity index (χ0n) is 13.9. The molecule has 0 aromatic heterocycles. The monoisotopic (exact) mass is 407 g/mol. The number of benzene rings is 1. The van der Waals surface area contributed by atoms with E-state index in [0.717, 1.165) is 19.5 Å². The van der Waals surface area contributed by atoms with Gasteiger partial charge in [0.2, 0.25) is 0 Å². The molecule has 2 aliphatic rings. The number of quaternary nitrogens is 1. The zero-order valence-corrected chi connectivity index (χ0v) is 16.3. The minimum absolute atomic E-state index is 0.121. The molecule has 0 spiro atoms. The Morgan fingerprint density at radius 3 is 2.32 bits per heavy atom. The van der Waals surface area contributed by atoms with Gasteiger partial charge in [0.1, 0.15) is 11.8 Å². The molecule has 1 atom stereocenters. The van der Waals surface area contributed by atoms with Crippen molar-refractivity contribution >= 4 is 38.9 Å². The maximum Gasteiger partial charge on any atom is 0.254 e. The van der Waals surface area contributed by atoms with Crippen LogP contribution in [0.4, 0.5) is 0 Å². The molecular formula is C16H21Cl2N2O4S+. The fraction of sp³-hybridized carbons (Fsp3) is 0.562. The first-order valence-corrected chi connectivity index (χ1v) is 10.8. The number of hydrogen-bond acceptors (Lipinski definition) is 4. The number of amides is 1.